The molecule has 0 atom stereocenters. The third-order valence-corrected chi connectivity index (χ3v) is 2.81. The minimum absolute atomic E-state index is 0.129. The Morgan fingerprint density at radius 2 is 2.05 bits per heavy atom. The molecular formula is C17H17NO2. The van der Waals surface area contributed by atoms with Crippen LogP contribution < -0.4 is 4.74 Å². The van der Waals surface area contributed by atoms with E-state index in [1.54, 1.807) is 0 Å². The second kappa shape index (κ2) is 6.74. The van der Waals surface area contributed by atoms with E-state index in [-0.39, 0.29) is 6.61 Å². The third-order valence-electron chi connectivity index (χ3n) is 2.81. The summed E-state index contributed by atoms with van der Waals surface area (Å²) in [5.74, 6) is 6.33. The Labute approximate surface area is 119 Å². The van der Waals surface area contributed by atoms with Gasteiger partial charge in [-0.3, -0.25) is 4.98 Å². The molecule has 0 spiro atoms. The first-order valence-electron chi connectivity index (χ1n) is 6.45. The van der Waals surface area contributed by atoms with E-state index in [4.69, 9.17) is 9.84 Å². The van der Waals surface area contributed by atoms with Crippen molar-refractivity contribution in [2.45, 2.75) is 20.5 Å². The topological polar surface area (TPSA) is 42.4 Å². The summed E-state index contributed by atoms with van der Waals surface area (Å²) in [6, 6.07) is 11.6. The van der Waals surface area contributed by atoms with Gasteiger partial charge in [-0.25, -0.2) is 0 Å². The van der Waals surface area contributed by atoms with E-state index >= 15 is 0 Å². The van der Waals surface area contributed by atoms with Crippen molar-refractivity contribution in [1.29, 1.82) is 0 Å². The standard InChI is InChI=1S/C17H17NO2/c1-13-11-15(6-4-10-19)8-9-17(13)20-12-16-7-3-5-14(2)18-16/h3,5,7-9,11,19H,10,12H2,1-2H3. The molecular weight excluding hydrogens is 250 g/mol. The van der Waals surface area contributed by atoms with E-state index in [0.29, 0.717) is 6.61 Å². The lowest BCUT2D eigenvalue weighted by Gasteiger charge is -2.09. The van der Waals surface area contributed by atoms with Crippen LogP contribution in [0.5, 0.6) is 5.75 Å². The monoisotopic (exact) mass is 267 g/mol. The molecule has 2 rings (SSSR count). The molecule has 0 fully saturated rings. The van der Waals surface area contributed by atoms with Crippen LogP contribution in [0.4, 0.5) is 0 Å². The van der Waals surface area contributed by atoms with Gasteiger partial charge in [-0.1, -0.05) is 17.9 Å². The summed E-state index contributed by atoms with van der Waals surface area (Å²) in [6.07, 6.45) is 0. The Morgan fingerprint density at radius 1 is 1.20 bits per heavy atom. The third kappa shape index (κ3) is 3.84. The summed E-state index contributed by atoms with van der Waals surface area (Å²) < 4.78 is 5.78. The maximum atomic E-state index is 8.68. The van der Waals surface area contributed by atoms with Crippen molar-refractivity contribution >= 4 is 0 Å². The van der Waals surface area contributed by atoms with Gasteiger partial charge < -0.3 is 9.84 Å². The average Bonchev–Trinajstić information content (AvgIpc) is 2.44. The molecule has 1 aromatic carbocycles. The minimum Gasteiger partial charge on any atom is -0.487 e. The maximum absolute atomic E-state index is 8.68. The van der Waals surface area contributed by atoms with Gasteiger partial charge in [-0.2, -0.15) is 0 Å². The Kier molecular flexibility index (Phi) is 4.75. The molecule has 2 aromatic rings. The zero-order chi connectivity index (χ0) is 14.4. The van der Waals surface area contributed by atoms with E-state index in [1.165, 1.54) is 0 Å². The number of aliphatic hydroxyl groups excluding tert-OH is 1. The molecule has 0 aliphatic heterocycles. The quantitative estimate of drug-likeness (QED) is 0.869. The number of aliphatic hydroxyl groups is 1. The number of hydrogen-bond acceptors (Lipinski definition) is 3. The van der Waals surface area contributed by atoms with E-state index in [1.807, 2.05) is 50.2 Å². The summed E-state index contributed by atoms with van der Waals surface area (Å²) in [5, 5.41) is 8.68. The van der Waals surface area contributed by atoms with E-state index in [2.05, 4.69) is 16.8 Å². The van der Waals surface area contributed by atoms with Gasteiger partial charge in [0, 0.05) is 11.3 Å². The van der Waals surface area contributed by atoms with Crippen LogP contribution in [-0.4, -0.2) is 16.7 Å². The molecule has 0 aliphatic rings. The molecule has 0 unspecified atom stereocenters. The number of pyridine rings is 1. The second-order valence-electron chi connectivity index (χ2n) is 4.50. The molecule has 0 radical (unpaired) electrons. The Morgan fingerprint density at radius 3 is 2.75 bits per heavy atom. The first kappa shape index (κ1) is 14.1. The van der Waals surface area contributed by atoms with Crippen LogP contribution in [0.15, 0.2) is 36.4 Å². The number of ether oxygens (including phenoxy) is 1. The summed E-state index contributed by atoms with van der Waals surface area (Å²) in [6.45, 7) is 4.26. The first-order chi connectivity index (χ1) is 9.69. The van der Waals surface area contributed by atoms with Gasteiger partial charge in [0.05, 0.1) is 5.69 Å². The summed E-state index contributed by atoms with van der Waals surface area (Å²) in [7, 11) is 0. The van der Waals surface area contributed by atoms with Crippen molar-refractivity contribution in [2.24, 2.45) is 0 Å². The fourth-order valence-electron chi connectivity index (χ4n) is 1.86. The summed E-state index contributed by atoms with van der Waals surface area (Å²) in [4.78, 5) is 4.40. The van der Waals surface area contributed by atoms with Crippen molar-refractivity contribution in [2.75, 3.05) is 6.61 Å². The lowest BCUT2D eigenvalue weighted by atomic mass is 10.1. The molecule has 1 heterocycles. The van der Waals surface area contributed by atoms with Crippen LogP contribution in [0.1, 0.15) is 22.5 Å². The molecule has 102 valence electrons. The van der Waals surface area contributed by atoms with Crippen LogP contribution in [0.25, 0.3) is 0 Å². The highest BCUT2D eigenvalue weighted by atomic mass is 16.5. The van der Waals surface area contributed by atoms with Crippen LogP contribution in [0.3, 0.4) is 0 Å². The smallest absolute Gasteiger partial charge is 0.130 e. The highest BCUT2D eigenvalue weighted by molar-refractivity contribution is 5.43. The molecule has 0 aliphatic carbocycles. The summed E-state index contributed by atoms with van der Waals surface area (Å²) in [5.41, 5.74) is 3.78. The predicted molar refractivity (Wildman–Crippen MR) is 78.4 cm³/mol. The number of aromatic nitrogens is 1. The SMILES string of the molecule is Cc1cccc(COc2ccc(C#CCO)cc2C)n1. The molecule has 3 heteroatoms. The molecule has 0 amide bonds. The van der Waals surface area contributed by atoms with Crippen molar-refractivity contribution in [3.8, 4) is 17.6 Å². The van der Waals surface area contributed by atoms with Gasteiger partial charge in [-0.05, 0) is 49.7 Å². The van der Waals surface area contributed by atoms with Crippen molar-refractivity contribution < 1.29 is 9.84 Å². The van der Waals surface area contributed by atoms with Gasteiger partial charge in [0.15, 0.2) is 0 Å². The summed E-state index contributed by atoms with van der Waals surface area (Å²) >= 11 is 0. The number of benzene rings is 1. The van der Waals surface area contributed by atoms with Crippen LogP contribution in [0, 0.1) is 25.7 Å². The lowest BCUT2D eigenvalue weighted by molar-refractivity contribution is 0.299. The largest absolute Gasteiger partial charge is 0.487 e. The lowest BCUT2D eigenvalue weighted by Crippen LogP contribution is -2.00. The average molecular weight is 267 g/mol. The van der Waals surface area contributed by atoms with Crippen molar-refractivity contribution in [3.05, 3.63) is 58.9 Å². The van der Waals surface area contributed by atoms with E-state index in [9.17, 15) is 0 Å². The van der Waals surface area contributed by atoms with Crippen LogP contribution in [0.2, 0.25) is 0 Å². The van der Waals surface area contributed by atoms with Crippen molar-refractivity contribution in [1.82, 2.24) is 4.98 Å². The highest BCUT2D eigenvalue weighted by Crippen LogP contribution is 2.19. The Bertz CT molecular complexity index is 654. The Balaban J connectivity index is 2.06. The molecule has 1 N–H and O–H groups in total. The Hall–Kier alpha value is -2.31. The highest BCUT2D eigenvalue weighted by Gasteiger charge is 2.02. The maximum Gasteiger partial charge on any atom is 0.130 e. The zero-order valence-corrected chi connectivity index (χ0v) is 11.7. The molecule has 0 bridgehead atoms. The molecule has 3 nitrogen and oxygen atoms in total. The molecule has 0 saturated heterocycles. The number of hydrogen-bond donors (Lipinski definition) is 1. The van der Waals surface area contributed by atoms with Crippen molar-refractivity contribution in [3.63, 3.8) is 0 Å². The van der Waals surface area contributed by atoms with Gasteiger partial charge in [0.1, 0.15) is 19.0 Å². The molecule has 0 saturated carbocycles. The minimum atomic E-state index is -0.129. The van der Waals surface area contributed by atoms with E-state index < -0.39 is 0 Å². The number of rotatable bonds is 3. The number of aryl methyl sites for hydroxylation is 2. The van der Waals surface area contributed by atoms with Crippen LogP contribution >= 0.6 is 0 Å². The number of nitrogens with zero attached hydrogens (tertiary/aromatic N) is 1. The van der Waals surface area contributed by atoms with Gasteiger partial charge in [0.2, 0.25) is 0 Å². The fourth-order valence-corrected chi connectivity index (χ4v) is 1.86. The zero-order valence-electron chi connectivity index (χ0n) is 11.7. The van der Waals surface area contributed by atoms with Gasteiger partial charge in [0.25, 0.3) is 0 Å². The van der Waals surface area contributed by atoms with E-state index in [0.717, 1.165) is 28.3 Å². The van der Waals surface area contributed by atoms with Gasteiger partial charge in [-0.15, -0.1) is 0 Å². The predicted octanol–water partition coefficient (Wildman–Crippen LogP) is 2.62. The molecule has 1 aromatic heterocycles. The fraction of sp³-hybridized carbons (Fsp3) is 0.235. The van der Waals surface area contributed by atoms with Gasteiger partial charge >= 0.3 is 0 Å². The second-order valence-corrected chi connectivity index (χ2v) is 4.50. The normalized spacial score (nSPS) is 9.75. The first-order valence-corrected chi connectivity index (χ1v) is 6.45. The molecule has 20 heavy (non-hydrogen) atoms. The van der Waals surface area contributed by atoms with Crippen LogP contribution in [-0.2, 0) is 6.61 Å².